The number of H-pyrrole nitrogens is 1. The summed E-state index contributed by atoms with van der Waals surface area (Å²) >= 11 is 0. The van der Waals surface area contributed by atoms with E-state index in [2.05, 4.69) is 15.3 Å². The fraction of sp³-hybridized carbons (Fsp3) is 0.100. The number of aromatic nitrogens is 2. The molecule has 2 aromatic heterocycles. The Morgan fingerprint density at radius 1 is 1.14 bits per heavy atom. The molecule has 0 saturated heterocycles. The van der Waals surface area contributed by atoms with Gasteiger partial charge in [-0.05, 0) is 42.8 Å². The van der Waals surface area contributed by atoms with E-state index < -0.39 is 11.5 Å². The number of rotatable bonds is 4. The van der Waals surface area contributed by atoms with Crippen LogP contribution in [0, 0.1) is 6.92 Å². The summed E-state index contributed by atoms with van der Waals surface area (Å²) in [5.41, 5.74) is 1.46. The summed E-state index contributed by atoms with van der Waals surface area (Å²) in [6.45, 7) is 1.57. The van der Waals surface area contributed by atoms with Crippen molar-refractivity contribution in [2.75, 3.05) is 11.9 Å². The standard InChI is InChI=1S/C20H15N3O5/c1-11-6-19(25)28-17-8-13(3-4-14(11)17)27-9-18(24)23-12-2-5-16-15(7-12)20(26)22-10-21-16/h2-8,10H,9H2,1H3,(H,23,24)(H,21,22,26). The first-order chi connectivity index (χ1) is 13.5. The van der Waals surface area contributed by atoms with Gasteiger partial charge in [0.2, 0.25) is 0 Å². The Bertz CT molecular complexity index is 1320. The number of hydrogen-bond acceptors (Lipinski definition) is 6. The molecule has 2 N–H and O–H groups in total. The number of aromatic amines is 1. The molecule has 1 amide bonds. The van der Waals surface area contributed by atoms with Gasteiger partial charge in [-0.15, -0.1) is 0 Å². The molecule has 0 aliphatic rings. The van der Waals surface area contributed by atoms with Crippen LogP contribution in [-0.2, 0) is 4.79 Å². The number of anilines is 1. The first kappa shape index (κ1) is 17.5. The van der Waals surface area contributed by atoms with Gasteiger partial charge in [-0.25, -0.2) is 9.78 Å². The van der Waals surface area contributed by atoms with E-state index >= 15 is 0 Å². The molecule has 8 nitrogen and oxygen atoms in total. The van der Waals surface area contributed by atoms with Gasteiger partial charge >= 0.3 is 5.63 Å². The highest BCUT2D eigenvalue weighted by atomic mass is 16.5. The van der Waals surface area contributed by atoms with Crippen LogP contribution in [0.1, 0.15) is 5.56 Å². The van der Waals surface area contributed by atoms with Crippen molar-refractivity contribution in [2.45, 2.75) is 6.92 Å². The maximum absolute atomic E-state index is 12.2. The van der Waals surface area contributed by atoms with Crippen molar-refractivity contribution >= 4 is 33.5 Å². The third-order valence-electron chi connectivity index (χ3n) is 4.22. The molecule has 8 heteroatoms. The zero-order valence-corrected chi connectivity index (χ0v) is 14.8. The summed E-state index contributed by atoms with van der Waals surface area (Å²) in [7, 11) is 0. The predicted octanol–water partition coefficient (Wildman–Crippen LogP) is 2.36. The molecular formula is C20H15N3O5. The molecular weight excluding hydrogens is 362 g/mol. The number of nitrogens with zero attached hydrogens (tertiary/aromatic N) is 1. The number of hydrogen-bond donors (Lipinski definition) is 2. The van der Waals surface area contributed by atoms with E-state index in [1.807, 2.05) is 6.92 Å². The molecule has 28 heavy (non-hydrogen) atoms. The first-order valence-corrected chi connectivity index (χ1v) is 8.44. The average Bonchev–Trinajstić information content (AvgIpc) is 2.66. The minimum atomic E-state index is -0.444. The number of carbonyl (C=O) groups excluding carboxylic acids is 1. The Balaban J connectivity index is 1.47. The van der Waals surface area contributed by atoms with Crippen molar-refractivity contribution < 1.29 is 13.9 Å². The van der Waals surface area contributed by atoms with Gasteiger partial charge < -0.3 is 19.5 Å². The van der Waals surface area contributed by atoms with Crippen molar-refractivity contribution in [3.8, 4) is 5.75 Å². The Labute approximate surface area is 157 Å². The van der Waals surface area contributed by atoms with Crippen molar-refractivity contribution in [3.05, 3.63) is 75.1 Å². The van der Waals surface area contributed by atoms with Gasteiger partial charge in [0, 0.05) is 23.2 Å². The molecule has 4 aromatic rings. The number of amides is 1. The summed E-state index contributed by atoms with van der Waals surface area (Å²) in [6.07, 6.45) is 1.32. The topological polar surface area (TPSA) is 114 Å². The van der Waals surface area contributed by atoms with Crippen LogP contribution in [0.15, 0.2) is 62.8 Å². The lowest BCUT2D eigenvalue weighted by molar-refractivity contribution is -0.118. The van der Waals surface area contributed by atoms with Crippen LogP contribution in [0.2, 0.25) is 0 Å². The smallest absolute Gasteiger partial charge is 0.336 e. The zero-order chi connectivity index (χ0) is 19.7. The monoisotopic (exact) mass is 377 g/mol. The minimum Gasteiger partial charge on any atom is -0.484 e. The van der Waals surface area contributed by atoms with E-state index in [0.717, 1.165) is 10.9 Å². The molecule has 4 rings (SSSR count). The first-order valence-electron chi connectivity index (χ1n) is 8.44. The SMILES string of the molecule is Cc1cc(=O)oc2cc(OCC(=O)Nc3ccc4nc[nH]c(=O)c4c3)ccc12. The molecule has 0 aliphatic heterocycles. The molecule has 2 heterocycles. The number of benzene rings is 2. The van der Waals surface area contributed by atoms with Crippen molar-refractivity contribution in [1.29, 1.82) is 0 Å². The van der Waals surface area contributed by atoms with Gasteiger partial charge in [-0.1, -0.05) is 0 Å². The fourth-order valence-electron chi connectivity index (χ4n) is 2.89. The highest BCUT2D eigenvalue weighted by molar-refractivity contribution is 5.94. The molecule has 0 saturated carbocycles. The largest absolute Gasteiger partial charge is 0.484 e. The van der Waals surface area contributed by atoms with E-state index in [0.29, 0.717) is 27.9 Å². The van der Waals surface area contributed by atoms with E-state index in [1.54, 1.807) is 36.4 Å². The highest BCUT2D eigenvalue weighted by Crippen LogP contribution is 2.22. The van der Waals surface area contributed by atoms with Gasteiger partial charge in [0.05, 0.1) is 17.2 Å². The molecule has 0 spiro atoms. The van der Waals surface area contributed by atoms with Crippen LogP contribution in [0.25, 0.3) is 21.9 Å². The molecule has 140 valence electrons. The number of fused-ring (bicyclic) bond motifs is 2. The van der Waals surface area contributed by atoms with Crippen LogP contribution in [0.3, 0.4) is 0 Å². The highest BCUT2D eigenvalue weighted by Gasteiger charge is 2.08. The van der Waals surface area contributed by atoms with E-state index in [-0.39, 0.29) is 12.2 Å². The summed E-state index contributed by atoms with van der Waals surface area (Å²) in [4.78, 5) is 42.0. The van der Waals surface area contributed by atoms with Crippen molar-refractivity contribution in [2.24, 2.45) is 0 Å². The lowest BCUT2D eigenvalue weighted by atomic mass is 10.1. The summed E-state index contributed by atoms with van der Waals surface area (Å²) < 4.78 is 10.6. The Kier molecular flexibility index (Phi) is 4.36. The number of aryl methyl sites for hydroxylation is 1. The molecule has 0 fully saturated rings. The van der Waals surface area contributed by atoms with Gasteiger partial charge in [-0.3, -0.25) is 9.59 Å². The van der Waals surface area contributed by atoms with Crippen LogP contribution < -0.4 is 21.2 Å². The Morgan fingerprint density at radius 3 is 2.86 bits per heavy atom. The van der Waals surface area contributed by atoms with Gasteiger partial charge in [0.1, 0.15) is 11.3 Å². The lowest BCUT2D eigenvalue weighted by Gasteiger charge is -2.09. The zero-order valence-electron chi connectivity index (χ0n) is 14.8. The summed E-state index contributed by atoms with van der Waals surface area (Å²) in [5.74, 6) is 0.000941. The van der Waals surface area contributed by atoms with Gasteiger partial charge in [0.15, 0.2) is 6.61 Å². The molecule has 2 aromatic carbocycles. The Hall–Kier alpha value is -3.94. The normalized spacial score (nSPS) is 10.9. The number of ether oxygens (including phenoxy) is 1. The van der Waals surface area contributed by atoms with E-state index in [4.69, 9.17) is 9.15 Å². The van der Waals surface area contributed by atoms with E-state index in [1.165, 1.54) is 12.4 Å². The quantitative estimate of drug-likeness (QED) is 0.528. The molecule has 0 bridgehead atoms. The van der Waals surface area contributed by atoms with Crippen LogP contribution in [0.4, 0.5) is 5.69 Å². The number of carbonyl (C=O) groups is 1. The predicted molar refractivity (Wildman–Crippen MR) is 104 cm³/mol. The molecule has 0 aliphatic carbocycles. The van der Waals surface area contributed by atoms with Crippen LogP contribution >= 0.6 is 0 Å². The second-order valence-electron chi connectivity index (χ2n) is 6.21. The summed E-state index contributed by atoms with van der Waals surface area (Å²) in [5, 5.41) is 3.84. The number of nitrogens with one attached hydrogen (secondary N) is 2. The molecule has 0 unspecified atom stereocenters. The van der Waals surface area contributed by atoms with E-state index in [9.17, 15) is 14.4 Å². The second-order valence-corrected chi connectivity index (χ2v) is 6.21. The maximum Gasteiger partial charge on any atom is 0.336 e. The van der Waals surface area contributed by atoms with Crippen LogP contribution in [-0.4, -0.2) is 22.5 Å². The molecule has 0 radical (unpaired) electrons. The molecule has 0 atom stereocenters. The van der Waals surface area contributed by atoms with Gasteiger partial charge in [-0.2, -0.15) is 0 Å². The minimum absolute atomic E-state index is 0.247. The van der Waals surface area contributed by atoms with Crippen molar-refractivity contribution in [1.82, 2.24) is 9.97 Å². The maximum atomic E-state index is 12.2. The van der Waals surface area contributed by atoms with Gasteiger partial charge in [0.25, 0.3) is 11.5 Å². The third kappa shape index (κ3) is 3.48. The van der Waals surface area contributed by atoms with Crippen LogP contribution in [0.5, 0.6) is 5.75 Å². The Morgan fingerprint density at radius 2 is 2.00 bits per heavy atom. The third-order valence-corrected chi connectivity index (χ3v) is 4.22. The average molecular weight is 377 g/mol. The summed E-state index contributed by atoms with van der Waals surface area (Å²) in [6, 6.07) is 11.3. The second kappa shape index (κ2) is 6.99. The lowest BCUT2D eigenvalue weighted by Crippen LogP contribution is -2.20. The fourth-order valence-corrected chi connectivity index (χ4v) is 2.89. The van der Waals surface area contributed by atoms with Crippen molar-refractivity contribution in [3.63, 3.8) is 0 Å².